The van der Waals surface area contributed by atoms with Crippen LogP contribution in [0.4, 0.5) is 0 Å². The topological polar surface area (TPSA) is 156 Å². The lowest BCUT2D eigenvalue weighted by Gasteiger charge is -2.26. The Hall–Kier alpha value is -3.37. The average Bonchev–Trinajstić information content (AvgIpc) is 2.90. The standard InChI is InChI=1S/C29H41N5O4S/c1-19(2)16-24(28(37)32-23(26(31)35)14-15-39-3)34-29(38)25(18-21-12-8-5-9-13-21)33-27(36)22(30)17-20-10-6-4-7-11-20/h4-13,19,22-25H,14-18,30H2,1-3H3,(H2,31,35)(H,32,37)(H,33,36)(H,34,38). The highest BCUT2D eigenvalue weighted by atomic mass is 32.2. The number of nitrogens with one attached hydrogen (secondary N) is 3. The van der Waals surface area contributed by atoms with Crippen LogP contribution in [0.2, 0.25) is 0 Å². The van der Waals surface area contributed by atoms with Gasteiger partial charge in [-0.15, -0.1) is 0 Å². The SMILES string of the molecule is CSCCC(NC(=O)C(CC(C)C)NC(=O)C(Cc1ccccc1)NC(=O)C(N)Cc1ccccc1)C(N)=O. The molecule has 0 aliphatic rings. The number of primary amides is 1. The molecule has 4 amide bonds. The van der Waals surface area contributed by atoms with Gasteiger partial charge in [0, 0.05) is 6.42 Å². The number of amides is 4. The predicted molar refractivity (Wildman–Crippen MR) is 156 cm³/mol. The van der Waals surface area contributed by atoms with E-state index in [1.165, 1.54) is 11.8 Å². The fourth-order valence-electron chi connectivity index (χ4n) is 4.07. The van der Waals surface area contributed by atoms with Crippen molar-refractivity contribution >= 4 is 35.4 Å². The molecule has 2 rings (SSSR count). The van der Waals surface area contributed by atoms with E-state index in [0.717, 1.165) is 11.1 Å². The monoisotopic (exact) mass is 555 g/mol. The Balaban J connectivity index is 2.19. The molecule has 2 aromatic carbocycles. The van der Waals surface area contributed by atoms with E-state index < -0.39 is 47.8 Å². The first kappa shape index (κ1) is 31.8. The Morgan fingerprint density at radius 1 is 0.744 bits per heavy atom. The molecule has 0 aliphatic heterocycles. The second-order valence-corrected chi connectivity index (χ2v) is 11.0. The average molecular weight is 556 g/mol. The summed E-state index contributed by atoms with van der Waals surface area (Å²) in [5.74, 6) is -1.39. The molecule has 0 fully saturated rings. The minimum atomic E-state index is -0.965. The summed E-state index contributed by atoms with van der Waals surface area (Å²) in [6.07, 6.45) is 3.15. The number of hydrogen-bond donors (Lipinski definition) is 5. The second-order valence-electron chi connectivity index (χ2n) is 9.98. The Morgan fingerprint density at radius 2 is 1.23 bits per heavy atom. The molecule has 212 valence electrons. The molecular weight excluding hydrogens is 514 g/mol. The number of carbonyl (C=O) groups is 4. The van der Waals surface area contributed by atoms with E-state index in [2.05, 4.69) is 16.0 Å². The highest BCUT2D eigenvalue weighted by Gasteiger charge is 2.30. The van der Waals surface area contributed by atoms with Crippen molar-refractivity contribution in [1.29, 1.82) is 0 Å². The number of carbonyl (C=O) groups excluding carboxylic acids is 4. The van der Waals surface area contributed by atoms with Crippen molar-refractivity contribution in [2.75, 3.05) is 12.0 Å². The summed E-state index contributed by atoms with van der Waals surface area (Å²) in [5.41, 5.74) is 13.4. The van der Waals surface area contributed by atoms with Gasteiger partial charge in [0.2, 0.25) is 23.6 Å². The zero-order chi connectivity index (χ0) is 28.8. The highest BCUT2D eigenvalue weighted by molar-refractivity contribution is 7.98. The largest absolute Gasteiger partial charge is 0.368 e. The van der Waals surface area contributed by atoms with E-state index >= 15 is 0 Å². The highest BCUT2D eigenvalue weighted by Crippen LogP contribution is 2.10. The molecule has 0 heterocycles. The van der Waals surface area contributed by atoms with Crippen molar-refractivity contribution in [1.82, 2.24) is 16.0 Å². The van der Waals surface area contributed by atoms with E-state index in [1.54, 1.807) is 0 Å². The van der Waals surface area contributed by atoms with Crippen LogP contribution >= 0.6 is 11.8 Å². The van der Waals surface area contributed by atoms with Crippen LogP contribution in [0.5, 0.6) is 0 Å². The lowest BCUT2D eigenvalue weighted by atomic mass is 10.00. The molecule has 0 bridgehead atoms. The molecule has 0 saturated heterocycles. The van der Waals surface area contributed by atoms with E-state index in [1.807, 2.05) is 80.8 Å². The molecule has 39 heavy (non-hydrogen) atoms. The van der Waals surface area contributed by atoms with E-state index in [4.69, 9.17) is 11.5 Å². The maximum atomic E-state index is 13.5. The summed E-state index contributed by atoms with van der Waals surface area (Å²) >= 11 is 1.54. The lowest BCUT2D eigenvalue weighted by molar-refractivity contribution is -0.133. The van der Waals surface area contributed by atoms with Gasteiger partial charge in [0.25, 0.3) is 0 Å². The van der Waals surface area contributed by atoms with Crippen LogP contribution in [0.3, 0.4) is 0 Å². The summed E-state index contributed by atoms with van der Waals surface area (Å²) in [7, 11) is 0. The van der Waals surface area contributed by atoms with Gasteiger partial charge in [0.05, 0.1) is 6.04 Å². The number of hydrogen-bond acceptors (Lipinski definition) is 6. The number of nitrogens with two attached hydrogens (primary N) is 2. The summed E-state index contributed by atoms with van der Waals surface area (Å²) in [4.78, 5) is 51.6. The molecule has 0 aliphatic carbocycles. The summed E-state index contributed by atoms with van der Waals surface area (Å²) in [5, 5.41) is 8.27. The number of benzene rings is 2. The quantitative estimate of drug-likeness (QED) is 0.212. The third-order valence-corrected chi connectivity index (χ3v) is 6.81. The van der Waals surface area contributed by atoms with E-state index in [9.17, 15) is 19.2 Å². The van der Waals surface area contributed by atoms with Crippen LogP contribution in [-0.2, 0) is 32.0 Å². The number of thioether (sulfide) groups is 1. The Morgan fingerprint density at radius 3 is 1.74 bits per heavy atom. The van der Waals surface area contributed by atoms with Crippen LogP contribution in [0.15, 0.2) is 60.7 Å². The first-order valence-electron chi connectivity index (χ1n) is 13.1. The zero-order valence-electron chi connectivity index (χ0n) is 22.9. The normalized spacial score (nSPS) is 14.1. The van der Waals surface area contributed by atoms with Gasteiger partial charge in [-0.2, -0.15) is 11.8 Å². The molecular formula is C29H41N5O4S. The van der Waals surface area contributed by atoms with Crippen LogP contribution < -0.4 is 27.4 Å². The third kappa shape index (κ3) is 11.5. The first-order valence-corrected chi connectivity index (χ1v) is 14.5. The van der Waals surface area contributed by atoms with Crippen LogP contribution in [-0.4, -0.2) is 59.8 Å². The fraction of sp³-hybridized carbons (Fsp3) is 0.448. The fourth-order valence-corrected chi connectivity index (χ4v) is 4.54. The minimum absolute atomic E-state index is 0.0701. The minimum Gasteiger partial charge on any atom is -0.368 e. The summed E-state index contributed by atoms with van der Waals surface area (Å²) < 4.78 is 0. The van der Waals surface area contributed by atoms with E-state index in [0.29, 0.717) is 25.0 Å². The van der Waals surface area contributed by atoms with Crippen molar-refractivity contribution in [3.8, 4) is 0 Å². The van der Waals surface area contributed by atoms with Gasteiger partial charge in [-0.05, 0) is 48.3 Å². The Bertz CT molecular complexity index is 1070. The van der Waals surface area contributed by atoms with Crippen molar-refractivity contribution in [3.63, 3.8) is 0 Å². The van der Waals surface area contributed by atoms with E-state index in [-0.39, 0.29) is 12.3 Å². The van der Waals surface area contributed by atoms with Gasteiger partial charge >= 0.3 is 0 Å². The first-order chi connectivity index (χ1) is 18.6. The molecule has 9 nitrogen and oxygen atoms in total. The van der Waals surface area contributed by atoms with Gasteiger partial charge < -0.3 is 27.4 Å². The van der Waals surface area contributed by atoms with Gasteiger partial charge in [0.1, 0.15) is 18.1 Å². The smallest absolute Gasteiger partial charge is 0.243 e. The van der Waals surface area contributed by atoms with Crippen molar-refractivity contribution in [2.24, 2.45) is 17.4 Å². The molecule has 0 saturated carbocycles. The molecule has 0 aromatic heterocycles. The third-order valence-electron chi connectivity index (χ3n) is 6.16. The predicted octanol–water partition coefficient (Wildman–Crippen LogP) is 1.54. The zero-order valence-corrected chi connectivity index (χ0v) is 23.7. The van der Waals surface area contributed by atoms with Crippen LogP contribution in [0, 0.1) is 5.92 Å². The van der Waals surface area contributed by atoms with Gasteiger partial charge in [0.15, 0.2) is 0 Å². The second kappa shape index (κ2) is 16.6. The van der Waals surface area contributed by atoms with Crippen LogP contribution in [0.25, 0.3) is 0 Å². The number of rotatable bonds is 16. The van der Waals surface area contributed by atoms with Crippen molar-refractivity contribution in [3.05, 3.63) is 71.8 Å². The molecule has 4 atom stereocenters. The molecule has 0 radical (unpaired) electrons. The maximum Gasteiger partial charge on any atom is 0.243 e. The molecule has 2 aromatic rings. The summed E-state index contributed by atoms with van der Waals surface area (Å²) in [6.45, 7) is 3.86. The summed E-state index contributed by atoms with van der Waals surface area (Å²) in [6, 6.07) is 15.1. The van der Waals surface area contributed by atoms with Crippen molar-refractivity contribution in [2.45, 2.75) is 63.7 Å². The lowest BCUT2D eigenvalue weighted by Crippen LogP contribution is -2.58. The molecule has 0 spiro atoms. The Kier molecular flexibility index (Phi) is 13.5. The van der Waals surface area contributed by atoms with Gasteiger partial charge in [-0.25, -0.2) is 0 Å². The van der Waals surface area contributed by atoms with Gasteiger partial charge in [-0.3, -0.25) is 19.2 Å². The van der Waals surface area contributed by atoms with Crippen LogP contribution in [0.1, 0.15) is 37.8 Å². The van der Waals surface area contributed by atoms with Crippen molar-refractivity contribution < 1.29 is 19.2 Å². The maximum absolute atomic E-state index is 13.5. The molecule has 10 heteroatoms. The van der Waals surface area contributed by atoms with Gasteiger partial charge in [-0.1, -0.05) is 74.5 Å². The molecule has 7 N–H and O–H groups in total. The Labute approximate surface area is 235 Å². The molecule has 4 unspecified atom stereocenters.